The maximum absolute atomic E-state index is 11.8. The second kappa shape index (κ2) is 5.33. The van der Waals surface area contributed by atoms with E-state index < -0.39 is 21.7 Å². The van der Waals surface area contributed by atoms with Crippen molar-refractivity contribution in [3.8, 4) is 0 Å². The van der Waals surface area contributed by atoms with Crippen LogP contribution in [0.2, 0.25) is 10.0 Å². The zero-order valence-corrected chi connectivity index (χ0v) is 10.6. The summed E-state index contributed by atoms with van der Waals surface area (Å²) in [6.45, 7) is -0.128. The van der Waals surface area contributed by atoms with Crippen LogP contribution in [0, 0.1) is 0 Å². The molecule has 3 N–H and O–H groups in total. The molecule has 0 bridgehead atoms. The Morgan fingerprint density at radius 1 is 1.38 bits per heavy atom. The van der Waals surface area contributed by atoms with E-state index in [9.17, 15) is 13.5 Å². The number of hydrogen-bond donors (Lipinski definition) is 2. The number of hydrogen-bond acceptors (Lipinski definition) is 4. The van der Waals surface area contributed by atoms with Crippen LogP contribution < -0.4 is 5.73 Å². The van der Waals surface area contributed by atoms with E-state index in [4.69, 9.17) is 28.9 Å². The maximum Gasteiger partial charge on any atom is 0.182 e. The summed E-state index contributed by atoms with van der Waals surface area (Å²) < 4.78 is 23.6. The molecule has 0 spiro atoms. The molecular weight excluding hydrogens is 273 g/mol. The molecule has 0 saturated carbocycles. The number of rotatable bonds is 4. The molecule has 1 rings (SSSR count). The molecule has 1 aromatic rings. The van der Waals surface area contributed by atoms with Crippen molar-refractivity contribution in [1.29, 1.82) is 0 Å². The molecule has 1 atom stereocenters. The van der Waals surface area contributed by atoms with Crippen LogP contribution in [0.5, 0.6) is 0 Å². The third-order valence-electron chi connectivity index (χ3n) is 1.91. The molecule has 0 aliphatic rings. The number of aliphatic hydroxyl groups excluding tert-OH is 1. The Bertz CT molecular complexity index is 476. The molecule has 0 aliphatic heterocycles. The van der Waals surface area contributed by atoms with Crippen LogP contribution in [-0.2, 0) is 9.84 Å². The first-order chi connectivity index (χ1) is 7.36. The zero-order chi connectivity index (χ0) is 12.3. The topological polar surface area (TPSA) is 80.4 Å². The van der Waals surface area contributed by atoms with Gasteiger partial charge >= 0.3 is 0 Å². The van der Waals surface area contributed by atoms with Gasteiger partial charge in [0.15, 0.2) is 9.84 Å². The van der Waals surface area contributed by atoms with Crippen molar-refractivity contribution in [2.45, 2.75) is 11.0 Å². The molecule has 16 heavy (non-hydrogen) atoms. The first kappa shape index (κ1) is 13.7. The largest absolute Gasteiger partial charge is 0.391 e. The van der Waals surface area contributed by atoms with Crippen molar-refractivity contribution < 1.29 is 13.5 Å². The summed E-state index contributed by atoms with van der Waals surface area (Å²) in [6.07, 6.45) is -1.11. The van der Waals surface area contributed by atoms with Gasteiger partial charge in [-0.3, -0.25) is 0 Å². The van der Waals surface area contributed by atoms with Crippen LogP contribution in [-0.4, -0.2) is 31.9 Å². The van der Waals surface area contributed by atoms with Crippen molar-refractivity contribution in [1.82, 2.24) is 0 Å². The highest BCUT2D eigenvalue weighted by Gasteiger charge is 2.21. The van der Waals surface area contributed by atoms with E-state index in [0.717, 1.165) is 0 Å². The minimum atomic E-state index is -3.67. The highest BCUT2D eigenvalue weighted by Crippen LogP contribution is 2.26. The molecule has 4 nitrogen and oxygen atoms in total. The summed E-state index contributed by atoms with van der Waals surface area (Å²) in [5.74, 6) is -0.469. The second-order valence-corrected chi connectivity index (χ2v) is 6.09. The molecule has 0 aliphatic carbocycles. The second-order valence-electron chi connectivity index (χ2n) is 3.25. The molecule has 0 amide bonds. The number of nitrogens with two attached hydrogens (primary N) is 1. The van der Waals surface area contributed by atoms with E-state index in [0.29, 0.717) is 0 Å². The van der Waals surface area contributed by atoms with Gasteiger partial charge in [0.25, 0.3) is 0 Å². The van der Waals surface area contributed by atoms with Crippen molar-refractivity contribution in [3.63, 3.8) is 0 Å². The summed E-state index contributed by atoms with van der Waals surface area (Å²) in [4.78, 5) is -0.0887. The summed E-state index contributed by atoms with van der Waals surface area (Å²) >= 11 is 11.4. The van der Waals surface area contributed by atoms with Crippen LogP contribution >= 0.6 is 23.2 Å². The quantitative estimate of drug-likeness (QED) is 0.867. The predicted octanol–water partition coefficient (Wildman–Crippen LogP) is 1.09. The monoisotopic (exact) mass is 283 g/mol. The van der Waals surface area contributed by atoms with Crippen molar-refractivity contribution in [3.05, 3.63) is 28.2 Å². The van der Waals surface area contributed by atoms with Gasteiger partial charge in [0.05, 0.1) is 21.8 Å². The lowest BCUT2D eigenvalue weighted by molar-refractivity contribution is 0.205. The first-order valence-corrected chi connectivity index (χ1v) is 6.83. The molecule has 0 heterocycles. The highest BCUT2D eigenvalue weighted by molar-refractivity contribution is 7.91. The van der Waals surface area contributed by atoms with E-state index in [1.807, 2.05) is 0 Å². The van der Waals surface area contributed by atoms with Gasteiger partial charge < -0.3 is 10.8 Å². The van der Waals surface area contributed by atoms with Crippen molar-refractivity contribution in [2.24, 2.45) is 5.73 Å². The lowest BCUT2D eigenvalue weighted by atomic mass is 10.4. The first-order valence-electron chi connectivity index (χ1n) is 4.43. The van der Waals surface area contributed by atoms with E-state index in [1.165, 1.54) is 18.2 Å². The maximum atomic E-state index is 11.8. The average molecular weight is 284 g/mol. The lowest BCUT2D eigenvalue weighted by Crippen LogP contribution is -2.28. The van der Waals surface area contributed by atoms with E-state index in [-0.39, 0.29) is 21.5 Å². The molecule has 0 radical (unpaired) electrons. The van der Waals surface area contributed by atoms with Gasteiger partial charge in [0.1, 0.15) is 0 Å². The fourth-order valence-electron chi connectivity index (χ4n) is 1.13. The predicted molar refractivity (Wildman–Crippen MR) is 63.6 cm³/mol. The molecule has 7 heteroatoms. The Balaban J connectivity index is 3.12. The van der Waals surface area contributed by atoms with Gasteiger partial charge in [0, 0.05) is 11.6 Å². The zero-order valence-electron chi connectivity index (χ0n) is 8.23. The van der Waals surface area contributed by atoms with Gasteiger partial charge in [-0.15, -0.1) is 0 Å². The van der Waals surface area contributed by atoms with Crippen LogP contribution in [0.1, 0.15) is 0 Å². The highest BCUT2D eigenvalue weighted by atomic mass is 35.5. The normalized spacial score (nSPS) is 13.8. The van der Waals surface area contributed by atoms with Crippen LogP contribution in [0.3, 0.4) is 0 Å². The van der Waals surface area contributed by atoms with E-state index in [2.05, 4.69) is 0 Å². The molecular formula is C9H11Cl2NO3S. The molecule has 90 valence electrons. The third-order valence-corrected chi connectivity index (χ3v) is 4.42. The Morgan fingerprint density at radius 3 is 2.56 bits per heavy atom. The minimum absolute atomic E-state index is 0.0774. The van der Waals surface area contributed by atoms with Crippen LogP contribution in [0.15, 0.2) is 23.1 Å². The summed E-state index contributed by atoms with van der Waals surface area (Å²) in [5, 5.41) is 9.58. The molecule has 0 saturated heterocycles. The Labute approximate surface area is 104 Å². The lowest BCUT2D eigenvalue weighted by Gasteiger charge is -2.10. The summed E-state index contributed by atoms with van der Waals surface area (Å²) in [7, 11) is -3.67. The van der Waals surface area contributed by atoms with Gasteiger partial charge in [0.2, 0.25) is 0 Å². The SMILES string of the molecule is NCC(O)CS(=O)(=O)c1cc(Cl)ccc1Cl. The molecule has 0 aromatic heterocycles. The van der Waals surface area contributed by atoms with Crippen molar-refractivity contribution in [2.75, 3.05) is 12.3 Å². The number of benzene rings is 1. The van der Waals surface area contributed by atoms with Gasteiger partial charge in [-0.2, -0.15) is 0 Å². The number of aliphatic hydroxyl groups is 1. The van der Waals surface area contributed by atoms with E-state index in [1.54, 1.807) is 0 Å². The van der Waals surface area contributed by atoms with E-state index >= 15 is 0 Å². The fourth-order valence-corrected chi connectivity index (χ4v) is 3.33. The third kappa shape index (κ3) is 3.33. The molecule has 1 unspecified atom stereocenters. The Kier molecular flexibility index (Phi) is 4.58. The van der Waals surface area contributed by atoms with Crippen LogP contribution in [0.4, 0.5) is 0 Å². The minimum Gasteiger partial charge on any atom is -0.391 e. The number of halogens is 2. The Morgan fingerprint density at radius 2 is 2.00 bits per heavy atom. The van der Waals surface area contributed by atoms with Gasteiger partial charge in [-0.1, -0.05) is 23.2 Å². The number of sulfone groups is 1. The summed E-state index contributed by atoms with van der Waals surface area (Å²) in [6, 6.07) is 4.14. The van der Waals surface area contributed by atoms with Crippen LogP contribution in [0.25, 0.3) is 0 Å². The smallest absolute Gasteiger partial charge is 0.182 e. The van der Waals surface area contributed by atoms with Gasteiger partial charge in [-0.05, 0) is 18.2 Å². The fraction of sp³-hybridized carbons (Fsp3) is 0.333. The van der Waals surface area contributed by atoms with Crippen molar-refractivity contribution >= 4 is 33.0 Å². The standard InChI is InChI=1S/C9H11Cl2NO3S/c10-6-1-2-8(11)9(3-6)16(14,15)5-7(13)4-12/h1-3,7,13H,4-5,12H2. The molecule has 1 aromatic carbocycles. The Hall–Kier alpha value is -0.330. The molecule has 0 fully saturated rings. The summed E-state index contributed by atoms with van der Waals surface area (Å²) in [5.41, 5.74) is 5.15. The average Bonchev–Trinajstić information content (AvgIpc) is 2.20. The van der Waals surface area contributed by atoms with Gasteiger partial charge in [-0.25, -0.2) is 8.42 Å².